The molecule has 0 aliphatic heterocycles. The number of aromatic nitrogens is 2. The summed E-state index contributed by atoms with van der Waals surface area (Å²) in [6.45, 7) is 4.10. The molecule has 0 fully saturated rings. The Morgan fingerprint density at radius 1 is 1.71 bits per heavy atom. The van der Waals surface area contributed by atoms with Gasteiger partial charge in [0, 0.05) is 19.4 Å². The molecule has 0 saturated carbocycles. The van der Waals surface area contributed by atoms with Gasteiger partial charge in [-0.3, -0.25) is 4.79 Å². The van der Waals surface area contributed by atoms with E-state index in [1.54, 1.807) is 31.3 Å². The van der Waals surface area contributed by atoms with Crippen molar-refractivity contribution in [1.29, 1.82) is 0 Å². The maximum Gasteiger partial charge on any atom is 0.235 e. The molecule has 0 bridgehead atoms. The maximum atomic E-state index is 12.3. The number of aromatic amines is 1. The van der Waals surface area contributed by atoms with Crippen molar-refractivity contribution in [2.75, 3.05) is 7.05 Å². The van der Waals surface area contributed by atoms with Crippen molar-refractivity contribution >= 4 is 23.1 Å². The van der Waals surface area contributed by atoms with E-state index in [0.717, 1.165) is 5.82 Å². The van der Waals surface area contributed by atoms with E-state index in [1.807, 2.05) is 6.92 Å². The average Bonchev–Trinajstić information content (AvgIpc) is 2.79. The van der Waals surface area contributed by atoms with Crippen LogP contribution in [0.5, 0.6) is 0 Å². The largest absolute Gasteiger partial charge is 0.392 e. The highest BCUT2D eigenvalue weighted by Crippen LogP contribution is 2.24. The van der Waals surface area contributed by atoms with Gasteiger partial charge >= 0.3 is 0 Å². The number of hydrogen-bond acceptors (Lipinski definition) is 3. The first-order valence-electron chi connectivity index (χ1n) is 5.45. The second-order valence-electron chi connectivity index (χ2n) is 4.25. The Kier molecular flexibility index (Phi) is 4.22. The van der Waals surface area contributed by atoms with Gasteiger partial charge in [-0.1, -0.05) is 19.1 Å². The molecule has 0 aliphatic carbocycles. The molecule has 17 heavy (non-hydrogen) atoms. The summed E-state index contributed by atoms with van der Waals surface area (Å²) in [7, 11) is 1.72. The summed E-state index contributed by atoms with van der Waals surface area (Å²) in [6, 6.07) is 0. The van der Waals surface area contributed by atoms with Crippen LogP contribution in [-0.2, 0) is 11.3 Å². The van der Waals surface area contributed by atoms with E-state index >= 15 is 0 Å². The minimum atomic E-state index is -0.781. The molecule has 0 aliphatic rings. The molecule has 1 aromatic heterocycles. The van der Waals surface area contributed by atoms with Crippen molar-refractivity contribution in [1.82, 2.24) is 14.9 Å². The molecule has 1 unspecified atom stereocenters. The molecule has 0 saturated heterocycles. The van der Waals surface area contributed by atoms with E-state index in [0.29, 0.717) is 13.0 Å². The number of carbonyl (C=O) groups excluding carboxylic acids is 1. The van der Waals surface area contributed by atoms with Gasteiger partial charge in [0.15, 0.2) is 0 Å². The van der Waals surface area contributed by atoms with Gasteiger partial charge in [-0.25, -0.2) is 4.98 Å². The van der Waals surface area contributed by atoms with E-state index in [-0.39, 0.29) is 10.9 Å². The number of nitrogens with one attached hydrogen (secondary N) is 1. The first-order valence-corrected chi connectivity index (χ1v) is 5.86. The van der Waals surface area contributed by atoms with Crippen molar-refractivity contribution in [3.05, 3.63) is 18.2 Å². The zero-order chi connectivity index (χ0) is 13.1. The molecule has 0 spiro atoms. The van der Waals surface area contributed by atoms with Gasteiger partial charge in [-0.15, -0.1) is 0 Å². The molecule has 0 radical (unpaired) electrons. The third kappa shape index (κ3) is 2.82. The second-order valence-corrected chi connectivity index (χ2v) is 4.69. The topological polar surface area (TPSA) is 75.0 Å². The fraction of sp³-hybridized carbons (Fsp3) is 0.545. The number of rotatable bonds is 5. The molecule has 6 heteroatoms. The van der Waals surface area contributed by atoms with Crippen LogP contribution < -0.4 is 5.73 Å². The Bertz CT molecular complexity index is 404. The summed E-state index contributed by atoms with van der Waals surface area (Å²) in [5, 5.41) is 0. The number of nitrogens with zero attached hydrogens (tertiary/aromatic N) is 2. The van der Waals surface area contributed by atoms with Crippen LogP contribution in [0.4, 0.5) is 0 Å². The average molecular weight is 254 g/mol. The molecule has 1 atom stereocenters. The molecule has 1 amide bonds. The first kappa shape index (κ1) is 13.6. The van der Waals surface area contributed by atoms with Gasteiger partial charge in [0.1, 0.15) is 5.82 Å². The van der Waals surface area contributed by atoms with E-state index in [4.69, 9.17) is 18.0 Å². The number of carbonyl (C=O) groups is 1. The fourth-order valence-electron chi connectivity index (χ4n) is 1.53. The number of nitrogens with two attached hydrogens (primary N) is 1. The third-order valence-electron chi connectivity index (χ3n) is 3.01. The number of amides is 1. The van der Waals surface area contributed by atoms with Crippen LogP contribution in [0.25, 0.3) is 0 Å². The van der Waals surface area contributed by atoms with Crippen LogP contribution in [0.2, 0.25) is 0 Å². The quantitative estimate of drug-likeness (QED) is 0.771. The first-order chi connectivity index (χ1) is 7.91. The van der Waals surface area contributed by atoms with Crippen LogP contribution in [0.3, 0.4) is 0 Å². The molecular weight excluding hydrogens is 236 g/mol. The lowest BCUT2D eigenvalue weighted by Gasteiger charge is -2.30. The lowest BCUT2D eigenvalue weighted by Crippen LogP contribution is -2.47. The standard InChI is InChI=1S/C11H18N4OS/c1-4-11(2,9(12)17)10(16)15(3)7-8-13-5-6-14-8/h5-6H,4,7H2,1-3H3,(H2,12,17)(H,13,14). The summed E-state index contributed by atoms with van der Waals surface area (Å²) in [6.07, 6.45) is 3.96. The van der Waals surface area contributed by atoms with Crippen LogP contribution >= 0.6 is 12.2 Å². The Labute approximate surface area is 106 Å². The summed E-state index contributed by atoms with van der Waals surface area (Å²) >= 11 is 4.98. The Hall–Kier alpha value is -1.43. The second kappa shape index (κ2) is 5.27. The fourth-order valence-corrected chi connectivity index (χ4v) is 1.76. The lowest BCUT2D eigenvalue weighted by molar-refractivity contribution is -0.137. The highest BCUT2D eigenvalue weighted by Gasteiger charge is 2.36. The predicted octanol–water partition coefficient (Wildman–Crippen LogP) is 1.07. The molecule has 1 aromatic rings. The molecule has 1 heterocycles. The minimum absolute atomic E-state index is 0.0797. The van der Waals surface area contributed by atoms with Crippen molar-refractivity contribution in [2.24, 2.45) is 11.1 Å². The van der Waals surface area contributed by atoms with E-state index in [2.05, 4.69) is 9.97 Å². The van der Waals surface area contributed by atoms with Gasteiger partial charge in [0.25, 0.3) is 0 Å². The smallest absolute Gasteiger partial charge is 0.235 e. The maximum absolute atomic E-state index is 12.3. The summed E-state index contributed by atoms with van der Waals surface area (Å²) in [5.41, 5.74) is 4.87. The van der Waals surface area contributed by atoms with E-state index in [1.165, 1.54) is 0 Å². The van der Waals surface area contributed by atoms with Crippen LogP contribution in [-0.4, -0.2) is 32.8 Å². The predicted molar refractivity (Wildman–Crippen MR) is 70.2 cm³/mol. The Morgan fingerprint density at radius 2 is 2.35 bits per heavy atom. The highest BCUT2D eigenvalue weighted by atomic mass is 32.1. The number of H-pyrrole nitrogens is 1. The number of hydrogen-bond donors (Lipinski definition) is 2. The third-order valence-corrected chi connectivity index (χ3v) is 3.46. The van der Waals surface area contributed by atoms with Crippen molar-refractivity contribution in [3.8, 4) is 0 Å². The molecular formula is C11H18N4OS. The highest BCUT2D eigenvalue weighted by molar-refractivity contribution is 7.80. The van der Waals surface area contributed by atoms with Gasteiger partial charge in [-0.05, 0) is 13.3 Å². The van der Waals surface area contributed by atoms with E-state index < -0.39 is 5.41 Å². The number of imidazole rings is 1. The molecule has 5 nitrogen and oxygen atoms in total. The van der Waals surface area contributed by atoms with Crippen molar-refractivity contribution in [2.45, 2.75) is 26.8 Å². The minimum Gasteiger partial charge on any atom is -0.392 e. The van der Waals surface area contributed by atoms with Crippen LogP contribution in [0.1, 0.15) is 26.1 Å². The van der Waals surface area contributed by atoms with E-state index in [9.17, 15) is 4.79 Å². The SMILES string of the molecule is CCC(C)(C(=O)N(C)Cc1ncc[nH]1)C(N)=S. The molecule has 3 N–H and O–H groups in total. The summed E-state index contributed by atoms with van der Waals surface area (Å²) in [5.74, 6) is 0.658. The normalized spacial score (nSPS) is 14.1. The molecule has 1 rings (SSSR count). The lowest BCUT2D eigenvalue weighted by atomic mass is 9.86. The Balaban J connectivity index is 2.78. The van der Waals surface area contributed by atoms with Crippen LogP contribution in [0.15, 0.2) is 12.4 Å². The zero-order valence-corrected chi connectivity index (χ0v) is 11.2. The van der Waals surface area contributed by atoms with Gasteiger partial charge in [-0.2, -0.15) is 0 Å². The number of thiocarbonyl (C=S) groups is 1. The van der Waals surface area contributed by atoms with Gasteiger partial charge < -0.3 is 15.6 Å². The monoisotopic (exact) mass is 254 g/mol. The molecule has 94 valence electrons. The zero-order valence-electron chi connectivity index (χ0n) is 10.4. The van der Waals surface area contributed by atoms with Crippen molar-refractivity contribution in [3.63, 3.8) is 0 Å². The van der Waals surface area contributed by atoms with Gasteiger partial charge in [0.2, 0.25) is 5.91 Å². The molecule has 0 aromatic carbocycles. The van der Waals surface area contributed by atoms with Gasteiger partial charge in [0.05, 0.1) is 16.9 Å². The Morgan fingerprint density at radius 3 is 2.76 bits per heavy atom. The van der Waals surface area contributed by atoms with Crippen LogP contribution in [0, 0.1) is 5.41 Å². The summed E-state index contributed by atoms with van der Waals surface area (Å²) in [4.78, 5) is 21.1. The summed E-state index contributed by atoms with van der Waals surface area (Å²) < 4.78 is 0. The van der Waals surface area contributed by atoms with Crippen molar-refractivity contribution < 1.29 is 4.79 Å².